The Hall–Kier alpha value is -2.44. The molecule has 4 rings (SSSR count). The second-order valence-corrected chi connectivity index (χ2v) is 7.71. The van der Waals surface area contributed by atoms with Gasteiger partial charge in [-0.15, -0.1) is 0 Å². The van der Waals surface area contributed by atoms with Crippen molar-refractivity contribution in [3.8, 4) is 5.75 Å². The van der Waals surface area contributed by atoms with Crippen molar-refractivity contribution >= 4 is 5.91 Å². The van der Waals surface area contributed by atoms with Gasteiger partial charge in [0.15, 0.2) is 0 Å². The molecule has 29 heavy (non-hydrogen) atoms. The molecule has 1 saturated heterocycles. The van der Waals surface area contributed by atoms with Crippen LogP contribution in [0.3, 0.4) is 0 Å². The van der Waals surface area contributed by atoms with E-state index in [2.05, 4.69) is 10.2 Å². The predicted octanol–water partition coefficient (Wildman–Crippen LogP) is 3.06. The maximum absolute atomic E-state index is 14.3. The molecule has 0 radical (unpaired) electrons. The highest BCUT2D eigenvalue weighted by Crippen LogP contribution is 2.49. The van der Waals surface area contributed by atoms with E-state index in [0.29, 0.717) is 38.2 Å². The lowest BCUT2D eigenvalue weighted by atomic mass is 9.94. The maximum atomic E-state index is 14.3. The molecular formula is C23H27FN2O3. The van der Waals surface area contributed by atoms with Crippen LogP contribution in [0, 0.1) is 5.82 Å². The number of carbonyl (C=O) groups excluding carboxylic acids is 1. The third-order valence-electron chi connectivity index (χ3n) is 6.02. The van der Waals surface area contributed by atoms with Gasteiger partial charge in [0.05, 0.1) is 31.8 Å². The summed E-state index contributed by atoms with van der Waals surface area (Å²) in [7, 11) is 1.65. The van der Waals surface area contributed by atoms with Crippen LogP contribution in [0.1, 0.15) is 30.0 Å². The Morgan fingerprint density at radius 3 is 2.48 bits per heavy atom. The minimum absolute atomic E-state index is 0.0326. The fraction of sp³-hybridized carbons (Fsp3) is 0.435. The summed E-state index contributed by atoms with van der Waals surface area (Å²) in [5.74, 6) is 0.407. The van der Waals surface area contributed by atoms with Crippen molar-refractivity contribution < 1.29 is 18.7 Å². The van der Waals surface area contributed by atoms with Crippen molar-refractivity contribution in [2.24, 2.45) is 0 Å². The summed E-state index contributed by atoms with van der Waals surface area (Å²) < 4.78 is 25.1. The van der Waals surface area contributed by atoms with Crippen LogP contribution in [0.25, 0.3) is 0 Å². The molecule has 0 bridgehead atoms. The maximum Gasteiger partial charge on any atom is 0.230 e. The van der Waals surface area contributed by atoms with E-state index >= 15 is 0 Å². The third-order valence-corrected chi connectivity index (χ3v) is 6.02. The molecule has 2 aliphatic rings. The standard InChI is InChI=1S/C23H27FN2O3/c1-28-18-8-6-17(7-9-18)21(26-12-14-29-15-13-26)16-25-22(27)23(10-11-23)19-4-2-3-5-20(19)24/h2-9,21H,10-16H2,1H3,(H,25,27). The van der Waals surface area contributed by atoms with Gasteiger partial charge < -0.3 is 14.8 Å². The molecule has 6 heteroatoms. The van der Waals surface area contributed by atoms with Gasteiger partial charge in [-0.05, 0) is 36.6 Å². The summed E-state index contributed by atoms with van der Waals surface area (Å²) in [4.78, 5) is 15.4. The van der Waals surface area contributed by atoms with Gasteiger partial charge >= 0.3 is 0 Å². The topological polar surface area (TPSA) is 50.8 Å². The number of nitrogens with one attached hydrogen (secondary N) is 1. The molecule has 1 amide bonds. The van der Waals surface area contributed by atoms with Gasteiger partial charge in [-0.1, -0.05) is 30.3 Å². The summed E-state index contributed by atoms with van der Waals surface area (Å²) in [6.45, 7) is 3.46. The van der Waals surface area contributed by atoms with Crippen molar-refractivity contribution in [3.05, 3.63) is 65.5 Å². The van der Waals surface area contributed by atoms with Crippen LogP contribution in [-0.2, 0) is 14.9 Å². The summed E-state index contributed by atoms with van der Waals surface area (Å²) in [5, 5.41) is 3.12. The van der Waals surface area contributed by atoms with Crippen molar-refractivity contribution in [1.29, 1.82) is 0 Å². The summed E-state index contributed by atoms with van der Waals surface area (Å²) >= 11 is 0. The largest absolute Gasteiger partial charge is 0.497 e. The minimum Gasteiger partial charge on any atom is -0.497 e. The first kappa shape index (κ1) is 19.9. The molecular weight excluding hydrogens is 371 g/mol. The first-order valence-corrected chi connectivity index (χ1v) is 10.1. The molecule has 0 aromatic heterocycles. The van der Waals surface area contributed by atoms with E-state index in [1.165, 1.54) is 6.07 Å². The van der Waals surface area contributed by atoms with E-state index in [1.807, 2.05) is 24.3 Å². The molecule has 5 nitrogen and oxygen atoms in total. The van der Waals surface area contributed by atoms with Gasteiger partial charge in [-0.3, -0.25) is 9.69 Å². The molecule has 0 spiro atoms. The number of hydrogen-bond donors (Lipinski definition) is 1. The second-order valence-electron chi connectivity index (χ2n) is 7.71. The summed E-state index contributed by atoms with van der Waals surface area (Å²) in [5.41, 5.74) is 0.898. The normalized spacial score (nSPS) is 19.4. The predicted molar refractivity (Wildman–Crippen MR) is 108 cm³/mol. The van der Waals surface area contributed by atoms with E-state index < -0.39 is 5.41 Å². The molecule has 1 unspecified atom stereocenters. The van der Waals surface area contributed by atoms with Crippen LogP contribution in [0.5, 0.6) is 5.75 Å². The quantitative estimate of drug-likeness (QED) is 0.779. The highest BCUT2D eigenvalue weighted by Gasteiger charge is 2.52. The molecule has 2 aromatic carbocycles. The smallest absolute Gasteiger partial charge is 0.230 e. The average molecular weight is 398 g/mol. The van der Waals surface area contributed by atoms with Crippen LogP contribution < -0.4 is 10.1 Å². The lowest BCUT2D eigenvalue weighted by Gasteiger charge is -2.35. The van der Waals surface area contributed by atoms with Gasteiger partial charge in [0.1, 0.15) is 11.6 Å². The molecule has 1 aliphatic heterocycles. The third kappa shape index (κ3) is 4.14. The Balaban J connectivity index is 1.50. The Bertz CT molecular complexity index is 845. The van der Waals surface area contributed by atoms with Crippen molar-refractivity contribution in [2.75, 3.05) is 40.0 Å². The number of methoxy groups -OCH3 is 1. The fourth-order valence-corrected chi connectivity index (χ4v) is 4.12. The number of benzene rings is 2. The number of morpholine rings is 1. The molecule has 1 saturated carbocycles. The molecule has 1 heterocycles. The van der Waals surface area contributed by atoms with Crippen LogP contribution in [0.4, 0.5) is 4.39 Å². The van der Waals surface area contributed by atoms with Crippen molar-refractivity contribution in [3.63, 3.8) is 0 Å². The second kappa shape index (κ2) is 8.51. The van der Waals surface area contributed by atoms with E-state index in [4.69, 9.17) is 9.47 Å². The van der Waals surface area contributed by atoms with Crippen LogP contribution in [-0.4, -0.2) is 50.8 Å². The Morgan fingerprint density at radius 1 is 1.17 bits per heavy atom. The number of nitrogens with zero attached hydrogens (tertiary/aromatic N) is 1. The van der Waals surface area contributed by atoms with Gasteiger partial charge in [-0.25, -0.2) is 4.39 Å². The van der Waals surface area contributed by atoms with Crippen LogP contribution >= 0.6 is 0 Å². The van der Waals surface area contributed by atoms with Crippen LogP contribution in [0.2, 0.25) is 0 Å². The summed E-state index contributed by atoms with van der Waals surface area (Å²) in [6, 6.07) is 14.6. The minimum atomic E-state index is -0.721. The molecule has 2 aromatic rings. The van der Waals surface area contributed by atoms with Crippen molar-refractivity contribution in [2.45, 2.75) is 24.3 Å². The van der Waals surface area contributed by atoms with E-state index in [-0.39, 0.29) is 17.8 Å². The number of rotatable bonds is 7. The first-order chi connectivity index (χ1) is 14.1. The molecule has 154 valence electrons. The SMILES string of the molecule is COc1ccc(C(CNC(=O)C2(c3ccccc3F)CC2)N2CCOCC2)cc1. The zero-order chi connectivity index (χ0) is 20.3. The molecule has 1 N–H and O–H groups in total. The van der Waals surface area contributed by atoms with Crippen LogP contribution in [0.15, 0.2) is 48.5 Å². The number of amides is 1. The zero-order valence-electron chi connectivity index (χ0n) is 16.7. The fourth-order valence-electron chi connectivity index (χ4n) is 4.12. The highest BCUT2D eigenvalue weighted by molar-refractivity contribution is 5.91. The molecule has 2 fully saturated rings. The Labute approximate surface area is 170 Å². The Morgan fingerprint density at radius 2 is 1.86 bits per heavy atom. The van der Waals surface area contributed by atoms with Crippen molar-refractivity contribution in [1.82, 2.24) is 10.2 Å². The van der Waals surface area contributed by atoms with E-state index in [1.54, 1.807) is 25.3 Å². The lowest BCUT2D eigenvalue weighted by molar-refractivity contribution is -0.124. The highest BCUT2D eigenvalue weighted by atomic mass is 19.1. The number of hydrogen-bond acceptors (Lipinski definition) is 4. The summed E-state index contributed by atoms with van der Waals surface area (Å²) in [6.07, 6.45) is 1.37. The van der Waals surface area contributed by atoms with Gasteiger partial charge in [-0.2, -0.15) is 0 Å². The molecule has 1 atom stereocenters. The monoisotopic (exact) mass is 398 g/mol. The van der Waals surface area contributed by atoms with Gasteiger partial charge in [0.2, 0.25) is 5.91 Å². The average Bonchev–Trinajstić information content (AvgIpc) is 3.57. The van der Waals surface area contributed by atoms with E-state index in [0.717, 1.165) is 24.4 Å². The van der Waals surface area contributed by atoms with Gasteiger partial charge in [0.25, 0.3) is 0 Å². The zero-order valence-corrected chi connectivity index (χ0v) is 16.7. The molecule has 1 aliphatic carbocycles. The number of ether oxygens (including phenoxy) is 2. The number of carbonyl (C=O) groups is 1. The first-order valence-electron chi connectivity index (χ1n) is 10.1. The number of halogens is 1. The van der Waals surface area contributed by atoms with Gasteiger partial charge in [0, 0.05) is 25.2 Å². The lowest BCUT2D eigenvalue weighted by Crippen LogP contribution is -2.45. The van der Waals surface area contributed by atoms with E-state index in [9.17, 15) is 9.18 Å². The Kier molecular flexibility index (Phi) is 5.83.